The highest BCUT2D eigenvalue weighted by molar-refractivity contribution is 7.89. The zero-order chi connectivity index (χ0) is 22.0. The summed E-state index contributed by atoms with van der Waals surface area (Å²) >= 11 is 0. The number of amides is 1. The summed E-state index contributed by atoms with van der Waals surface area (Å²) in [7, 11) is -4.28. The summed E-state index contributed by atoms with van der Waals surface area (Å²) in [5, 5.41) is 10.0. The van der Waals surface area contributed by atoms with Crippen LogP contribution in [0.1, 0.15) is 79.0 Å². The molecule has 1 aromatic heterocycles. The molecule has 8 heteroatoms. The molecule has 3 aliphatic carbocycles. The van der Waals surface area contributed by atoms with Gasteiger partial charge in [-0.25, -0.2) is 9.52 Å². The van der Waals surface area contributed by atoms with Gasteiger partial charge >= 0.3 is 6.09 Å². The Balaban J connectivity index is 1.41. The van der Waals surface area contributed by atoms with Crippen LogP contribution in [0.3, 0.4) is 0 Å². The molecule has 7 nitrogen and oxygen atoms in total. The summed E-state index contributed by atoms with van der Waals surface area (Å²) in [5.74, 6) is 1.11. The molecule has 1 heterocycles. The van der Waals surface area contributed by atoms with Crippen molar-refractivity contribution in [1.82, 2.24) is 4.72 Å². The van der Waals surface area contributed by atoms with E-state index in [1.165, 1.54) is 17.2 Å². The van der Waals surface area contributed by atoms with Gasteiger partial charge in [-0.15, -0.1) is 0 Å². The highest BCUT2D eigenvalue weighted by Crippen LogP contribution is 2.46. The van der Waals surface area contributed by atoms with Crippen LogP contribution >= 0.6 is 0 Å². The fourth-order valence-electron chi connectivity index (χ4n) is 4.80. The van der Waals surface area contributed by atoms with Crippen molar-refractivity contribution in [1.29, 1.82) is 0 Å². The zero-order valence-corrected chi connectivity index (χ0v) is 18.6. The number of nitrogens with one attached hydrogen (secondary N) is 1. The van der Waals surface area contributed by atoms with Gasteiger partial charge in [-0.2, -0.15) is 8.42 Å². The van der Waals surface area contributed by atoms with Crippen LogP contribution in [-0.4, -0.2) is 19.6 Å². The average Bonchev–Trinajstić information content (AvgIpc) is 3.10. The topological polar surface area (TPSA) is 106 Å². The lowest BCUT2D eigenvalue weighted by atomic mass is 9.97. The molecule has 2 N–H and O–H groups in total. The number of rotatable bonds is 5. The maximum atomic E-state index is 12.8. The molecule has 0 saturated heterocycles. The Morgan fingerprint density at radius 2 is 1.71 bits per heavy atom. The number of furan rings is 1. The van der Waals surface area contributed by atoms with Gasteiger partial charge < -0.3 is 14.3 Å². The van der Waals surface area contributed by atoms with Crippen molar-refractivity contribution < 1.29 is 27.5 Å². The van der Waals surface area contributed by atoms with Crippen molar-refractivity contribution in [3.05, 3.63) is 45.7 Å². The third kappa shape index (κ3) is 3.76. The second kappa shape index (κ2) is 7.10. The fraction of sp³-hybridized carbons (Fsp3) is 0.522. The van der Waals surface area contributed by atoms with Crippen molar-refractivity contribution in [2.45, 2.75) is 81.8 Å². The molecule has 0 aliphatic heterocycles. The maximum Gasteiger partial charge on any atom is 0.426 e. The van der Waals surface area contributed by atoms with Crippen LogP contribution in [0.5, 0.6) is 5.75 Å². The Bertz CT molecular complexity index is 1140. The summed E-state index contributed by atoms with van der Waals surface area (Å²) in [6, 6.07) is 3.52. The van der Waals surface area contributed by atoms with E-state index in [0.717, 1.165) is 62.5 Å². The third-order valence-corrected chi connectivity index (χ3v) is 7.61. The second-order valence-corrected chi connectivity index (χ2v) is 11.0. The number of ether oxygens (including phenoxy) is 1. The molecule has 2 aromatic rings. The SMILES string of the molecule is CC(C)(O)c1cc(S(=O)(=O)NC(=O)Oc2c3c(cc4c2CCC4)CCC3)oc1C1CC1. The number of sulfonamides is 1. The van der Waals surface area contributed by atoms with E-state index in [1.807, 2.05) is 4.72 Å². The van der Waals surface area contributed by atoms with E-state index >= 15 is 0 Å². The first kappa shape index (κ1) is 20.6. The molecule has 1 aromatic carbocycles. The van der Waals surface area contributed by atoms with Gasteiger partial charge in [0.1, 0.15) is 11.5 Å². The van der Waals surface area contributed by atoms with Crippen LogP contribution in [0, 0.1) is 0 Å². The number of hydrogen-bond donors (Lipinski definition) is 2. The van der Waals surface area contributed by atoms with Crippen molar-refractivity contribution in [3.8, 4) is 5.75 Å². The minimum absolute atomic E-state index is 0.104. The molecule has 1 saturated carbocycles. The van der Waals surface area contributed by atoms with E-state index in [1.54, 1.807) is 13.8 Å². The van der Waals surface area contributed by atoms with Crippen LogP contribution in [0.15, 0.2) is 21.6 Å². The molecule has 0 spiro atoms. The Kier molecular flexibility index (Phi) is 4.71. The van der Waals surface area contributed by atoms with Crippen LogP contribution < -0.4 is 9.46 Å². The molecule has 1 fully saturated rings. The molecule has 31 heavy (non-hydrogen) atoms. The zero-order valence-electron chi connectivity index (χ0n) is 17.8. The Labute approximate surface area is 181 Å². The van der Waals surface area contributed by atoms with E-state index < -0.39 is 21.7 Å². The van der Waals surface area contributed by atoms with Gasteiger partial charge in [0.2, 0.25) is 5.09 Å². The maximum absolute atomic E-state index is 12.8. The minimum atomic E-state index is -4.28. The number of carbonyl (C=O) groups excluding carboxylic acids is 1. The standard InChI is InChI=1S/C23H27NO6S/c1-23(2,26)18-12-19(29-20(18)13-9-10-13)31(27,28)24-22(25)30-21-16-7-3-5-14(16)11-15-6-4-8-17(15)21/h11-13,26H,3-10H2,1-2H3,(H,24,25). The summed E-state index contributed by atoms with van der Waals surface area (Å²) in [5.41, 5.74) is 3.61. The molecule has 0 unspecified atom stereocenters. The number of benzene rings is 1. The van der Waals surface area contributed by atoms with Crippen molar-refractivity contribution in [3.63, 3.8) is 0 Å². The minimum Gasteiger partial charge on any atom is -0.447 e. The predicted octanol–water partition coefficient (Wildman–Crippen LogP) is 3.84. The first-order chi connectivity index (χ1) is 14.6. The second-order valence-electron chi connectivity index (χ2n) is 9.36. The highest BCUT2D eigenvalue weighted by Gasteiger charge is 2.38. The summed E-state index contributed by atoms with van der Waals surface area (Å²) in [6.07, 6.45) is 6.31. The van der Waals surface area contributed by atoms with Gasteiger partial charge in [0.25, 0.3) is 10.0 Å². The molecular weight excluding hydrogens is 418 g/mol. The van der Waals surface area contributed by atoms with Crippen LogP contribution in [0.4, 0.5) is 4.79 Å². The van der Waals surface area contributed by atoms with Gasteiger partial charge in [-0.1, -0.05) is 6.07 Å². The van der Waals surface area contributed by atoms with E-state index in [2.05, 4.69) is 6.07 Å². The van der Waals surface area contributed by atoms with Crippen LogP contribution in [0.25, 0.3) is 0 Å². The first-order valence-electron chi connectivity index (χ1n) is 10.9. The highest BCUT2D eigenvalue weighted by atomic mass is 32.2. The average molecular weight is 446 g/mol. The van der Waals surface area contributed by atoms with Gasteiger partial charge in [0.15, 0.2) is 0 Å². The van der Waals surface area contributed by atoms with Gasteiger partial charge in [0, 0.05) is 17.5 Å². The molecule has 0 bridgehead atoms. The number of carbonyl (C=O) groups is 1. The molecule has 1 amide bonds. The van der Waals surface area contributed by atoms with Gasteiger partial charge in [-0.3, -0.25) is 0 Å². The number of aliphatic hydroxyl groups is 1. The van der Waals surface area contributed by atoms with Gasteiger partial charge in [0.05, 0.1) is 5.60 Å². The van der Waals surface area contributed by atoms with Crippen molar-refractivity contribution in [2.24, 2.45) is 0 Å². The Morgan fingerprint density at radius 3 is 2.26 bits per heavy atom. The largest absolute Gasteiger partial charge is 0.447 e. The van der Waals surface area contributed by atoms with Crippen molar-refractivity contribution in [2.75, 3.05) is 0 Å². The monoisotopic (exact) mass is 445 g/mol. The molecule has 166 valence electrons. The molecule has 0 radical (unpaired) electrons. The summed E-state index contributed by atoms with van der Waals surface area (Å²) in [4.78, 5) is 12.6. The lowest BCUT2D eigenvalue weighted by Gasteiger charge is -2.16. The van der Waals surface area contributed by atoms with Gasteiger partial charge in [-0.05, 0) is 87.5 Å². The fourth-order valence-corrected chi connectivity index (χ4v) is 5.64. The third-order valence-electron chi connectivity index (χ3n) is 6.44. The molecule has 0 atom stereocenters. The van der Waals surface area contributed by atoms with E-state index in [9.17, 15) is 18.3 Å². The van der Waals surface area contributed by atoms with Crippen LogP contribution in [-0.2, 0) is 41.3 Å². The van der Waals surface area contributed by atoms with E-state index in [4.69, 9.17) is 9.15 Å². The van der Waals surface area contributed by atoms with E-state index in [-0.39, 0.29) is 11.0 Å². The quantitative estimate of drug-likeness (QED) is 0.724. The number of hydrogen-bond acceptors (Lipinski definition) is 6. The predicted molar refractivity (Wildman–Crippen MR) is 113 cm³/mol. The Morgan fingerprint density at radius 1 is 1.10 bits per heavy atom. The number of aryl methyl sites for hydroxylation is 2. The van der Waals surface area contributed by atoms with Crippen LogP contribution in [0.2, 0.25) is 0 Å². The lowest BCUT2D eigenvalue weighted by molar-refractivity contribution is 0.0765. The molecule has 5 rings (SSSR count). The summed E-state index contributed by atoms with van der Waals surface area (Å²) < 4.78 is 38.9. The summed E-state index contributed by atoms with van der Waals surface area (Å²) in [6.45, 7) is 3.16. The smallest absolute Gasteiger partial charge is 0.426 e. The van der Waals surface area contributed by atoms with E-state index in [0.29, 0.717) is 17.1 Å². The van der Waals surface area contributed by atoms with Crippen molar-refractivity contribution >= 4 is 16.1 Å². The lowest BCUT2D eigenvalue weighted by Crippen LogP contribution is -2.33. The molecular formula is C23H27NO6S. The molecule has 3 aliphatic rings. The first-order valence-corrected chi connectivity index (χ1v) is 12.4. The number of fused-ring (bicyclic) bond motifs is 2. The normalized spacial score (nSPS) is 18.0. The Hall–Kier alpha value is -2.32.